The Balaban J connectivity index is 1.60. The van der Waals surface area contributed by atoms with Gasteiger partial charge in [-0.15, -0.1) is 0 Å². The Morgan fingerprint density at radius 1 is 1.12 bits per heavy atom. The van der Waals surface area contributed by atoms with Crippen LogP contribution in [-0.4, -0.2) is 59.0 Å². The maximum absolute atomic E-state index is 12.7. The van der Waals surface area contributed by atoms with Crippen LogP contribution >= 0.6 is 0 Å². The topological polar surface area (TPSA) is 82.2 Å². The largest absolute Gasteiger partial charge is 0.293 e. The van der Waals surface area contributed by atoms with E-state index in [0.29, 0.717) is 43.5 Å². The van der Waals surface area contributed by atoms with Crippen LogP contribution in [0.5, 0.6) is 0 Å². The summed E-state index contributed by atoms with van der Waals surface area (Å²) < 4.78 is 27.0. The summed E-state index contributed by atoms with van der Waals surface area (Å²) in [7, 11) is -3.41. The van der Waals surface area contributed by atoms with Gasteiger partial charge in [0.2, 0.25) is 10.0 Å². The van der Waals surface area contributed by atoms with E-state index >= 15 is 0 Å². The molecule has 0 amide bonds. The molecule has 1 N–H and O–H groups in total. The molecule has 0 radical (unpaired) electrons. The summed E-state index contributed by atoms with van der Waals surface area (Å²) in [4.78, 5) is 7.05. The van der Waals surface area contributed by atoms with Crippen molar-refractivity contribution in [2.75, 3.05) is 26.2 Å². The molecule has 0 atom stereocenters. The second-order valence-electron chi connectivity index (χ2n) is 6.79. The number of H-pyrrole nitrogens is 1. The van der Waals surface area contributed by atoms with Crippen LogP contribution in [0.2, 0.25) is 0 Å². The number of aryl methyl sites for hydroxylation is 1. The Hall–Kier alpha value is -1.77. The van der Waals surface area contributed by atoms with Crippen LogP contribution in [0.1, 0.15) is 37.0 Å². The molecule has 1 aromatic carbocycles. The smallest absolute Gasteiger partial charge is 0.243 e. The first-order valence-electron chi connectivity index (χ1n) is 8.56. The number of nitrogens with one attached hydrogen (secondary N) is 1. The van der Waals surface area contributed by atoms with Gasteiger partial charge in [-0.3, -0.25) is 10.00 Å². The fourth-order valence-electron chi connectivity index (χ4n) is 2.84. The molecule has 0 bridgehead atoms. The lowest BCUT2D eigenvalue weighted by molar-refractivity contribution is 0.178. The van der Waals surface area contributed by atoms with E-state index in [1.165, 1.54) is 0 Å². The number of benzene rings is 1. The van der Waals surface area contributed by atoms with Gasteiger partial charge in [0, 0.05) is 32.1 Å². The average molecular weight is 363 g/mol. The van der Waals surface area contributed by atoms with Gasteiger partial charge in [0.25, 0.3) is 0 Å². The van der Waals surface area contributed by atoms with Crippen molar-refractivity contribution < 1.29 is 8.42 Å². The molecule has 2 heterocycles. The van der Waals surface area contributed by atoms with E-state index in [9.17, 15) is 8.42 Å². The monoisotopic (exact) mass is 363 g/mol. The zero-order valence-corrected chi connectivity index (χ0v) is 15.8. The molecule has 1 fully saturated rings. The number of aromatic amines is 1. The number of hydrogen-bond acceptors (Lipinski definition) is 5. The maximum Gasteiger partial charge on any atom is 0.243 e. The highest BCUT2D eigenvalue weighted by Gasteiger charge is 2.28. The fraction of sp³-hybridized carbons (Fsp3) is 0.529. The van der Waals surface area contributed by atoms with Gasteiger partial charge in [-0.25, -0.2) is 13.4 Å². The van der Waals surface area contributed by atoms with Crippen LogP contribution in [0, 0.1) is 6.92 Å². The average Bonchev–Trinajstić information content (AvgIpc) is 3.04. The molecule has 1 saturated heterocycles. The van der Waals surface area contributed by atoms with Crippen molar-refractivity contribution in [2.24, 2.45) is 0 Å². The third-order valence-corrected chi connectivity index (χ3v) is 6.34. The molecule has 0 unspecified atom stereocenters. The van der Waals surface area contributed by atoms with Gasteiger partial charge in [-0.1, -0.05) is 31.5 Å². The van der Waals surface area contributed by atoms with Crippen LogP contribution in [0.4, 0.5) is 0 Å². The Morgan fingerprint density at radius 2 is 1.76 bits per heavy atom. The number of hydrogen-bond donors (Lipinski definition) is 1. The minimum Gasteiger partial charge on any atom is -0.293 e. The molecular formula is C17H25N5O2S. The molecule has 2 aromatic rings. The minimum absolute atomic E-state index is 0.293. The summed E-state index contributed by atoms with van der Waals surface area (Å²) in [6.45, 7) is 9.07. The highest BCUT2D eigenvalue weighted by Crippen LogP contribution is 2.19. The minimum atomic E-state index is -3.41. The van der Waals surface area contributed by atoms with Crippen molar-refractivity contribution in [1.29, 1.82) is 0 Å². The summed E-state index contributed by atoms with van der Waals surface area (Å²) in [5, 5.41) is 7.19. The van der Waals surface area contributed by atoms with Gasteiger partial charge in [0.15, 0.2) is 5.82 Å². The predicted molar refractivity (Wildman–Crippen MR) is 95.7 cm³/mol. The molecule has 0 spiro atoms. The van der Waals surface area contributed by atoms with E-state index in [1.807, 2.05) is 19.1 Å². The summed E-state index contributed by atoms with van der Waals surface area (Å²) in [5.41, 5.74) is 1.05. The lowest BCUT2D eigenvalue weighted by Gasteiger charge is -2.33. The molecular weight excluding hydrogens is 338 g/mol. The van der Waals surface area contributed by atoms with Gasteiger partial charge >= 0.3 is 0 Å². The first kappa shape index (κ1) is 18.0. The van der Waals surface area contributed by atoms with Crippen molar-refractivity contribution in [3.8, 4) is 0 Å². The molecule has 3 rings (SSSR count). The first-order chi connectivity index (χ1) is 11.9. The number of aromatic nitrogens is 3. The van der Waals surface area contributed by atoms with E-state index in [0.717, 1.165) is 17.2 Å². The Labute approximate surface area is 149 Å². The number of sulfonamides is 1. The second-order valence-corrected chi connectivity index (χ2v) is 8.73. The van der Waals surface area contributed by atoms with Gasteiger partial charge in [-0.2, -0.15) is 9.40 Å². The lowest BCUT2D eigenvalue weighted by atomic mass is 10.2. The van der Waals surface area contributed by atoms with Crippen molar-refractivity contribution in [2.45, 2.75) is 38.1 Å². The zero-order chi connectivity index (χ0) is 18.0. The molecule has 8 heteroatoms. The molecule has 1 aliphatic heterocycles. The van der Waals surface area contributed by atoms with Crippen molar-refractivity contribution in [3.63, 3.8) is 0 Å². The van der Waals surface area contributed by atoms with Crippen LogP contribution < -0.4 is 0 Å². The SMILES string of the molecule is Cc1ccc(S(=O)(=O)N2CCN(Cc3nc(C(C)C)n[nH]3)CC2)cc1. The number of rotatable bonds is 5. The van der Waals surface area contributed by atoms with E-state index in [2.05, 4.69) is 33.9 Å². The maximum atomic E-state index is 12.7. The van der Waals surface area contributed by atoms with Crippen molar-refractivity contribution in [3.05, 3.63) is 41.5 Å². The van der Waals surface area contributed by atoms with Gasteiger partial charge in [0.05, 0.1) is 11.4 Å². The Bertz CT molecular complexity index is 806. The third kappa shape index (κ3) is 4.08. The van der Waals surface area contributed by atoms with Crippen LogP contribution in [0.3, 0.4) is 0 Å². The van der Waals surface area contributed by atoms with Gasteiger partial charge in [-0.05, 0) is 19.1 Å². The number of nitrogens with zero attached hydrogens (tertiary/aromatic N) is 4. The van der Waals surface area contributed by atoms with E-state index in [1.54, 1.807) is 16.4 Å². The van der Waals surface area contributed by atoms with Crippen LogP contribution in [0.15, 0.2) is 29.2 Å². The van der Waals surface area contributed by atoms with E-state index in [4.69, 9.17) is 0 Å². The van der Waals surface area contributed by atoms with Crippen molar-refractivity contribution in [1.82, 2.24) is 24.4 Å². The third-order valence-electron chi connectivity index (χ3n) is 4.43. The standard InChI is InChI=1S/C17H25N5O2S/c1-13(2)17-18-16(19-20-17)12-21-8-10-22(11-9-21)25(23,24)15-6-4-14(3)5-7-15/h4-7,13H,8-12H2,1-3H3,(H,18,19,20). The molecule has 1 aliphatic rings. The molecule has 136 valence electrons. The van der Waals surface area contributed by atoms with Gasteiger partial charge in [0.1, 0.15) is 5.82 Å². The lowest BCUT2D eigenvalue weighted by Crippen LogP contribution is -2.48. The summed E-state index contributed by atoms with van der Waals surface area (Å²) in [6, 6.07) is 7.02. The highest BCUT2D eigenvalue weighted by molar-refractivity contribution is 7.89. The van der Waals surface area contributed by atoms with Crippen LogP contribution in [-0.2, 0) is 16.6 Å². The quantitative estimate of drug-likeness (QED) is 0.875. The first-order valence-corrected chi connectivity index (χ1v) is 10.0. The second kappa shape index (κ2) is 7.23. The predicted octanol–water partition coefficient (Wildman–Crippen LogP) is 1.74. The Morgan fingerprint density at radius 3 is 2.32 bits per heavy atom. The highest BCUT2D eigenvalue weighted by atomic mass is 32.2. The Kier molecular flexibility index (Phi) is 5.21. The summed E-state index contributed by atoms with van der Waals surface area (Å²) >= 11 is 0. The molecule has 0 saturated carbocycles. The van der Waals surface area contributed by atoms with E-state index in [-0.39, 0.29) is 0 Å². The molecule has 7 nitrogen and oxygen atoms in total. The summed E-state index contributed by atoms with van der Waals surface area (Å²) in [6.07, 6.45) is 0. The summed E-state index contributed by atoms with van der Waals surface area (Å²) in [5.74, 6) is 1.94. The number of piperazine rings is 1. The molecule has 25 heavy (non-hydrogen) atoms. The van der Waals surface area contributed by atoms with Crippen molar-refractivity contribution >= 4 is 10.0 Å². The molecule has 1 aromatic heterocycles. The normalized spacial score (nSPS) is 17.3. The molecule has 0 aliphatic carbocycles. The zero-order valence-electron chi connectivity index (χ0n) is 14.9. The van der Waals surface area contributed by atoms with Gasteiger partial charge < -0.3 is 0 Å². The van der Waals surface area contributed by atoms with Crippen LogP contribution in [0.25, 0.3) is 0 Å². The fourth-order valence-corrected chi connectivity index (χ4v) is 4.26. The van der Waals surface area contributed by atoms with E-state index < -0.39 is 10.0 Å².